The average molecular weight is 552 g/mol. The number of alkyl carbamates (subject to hydrolysis) is 1. The average Bonchev–Trinajstić information content (AvgIpc) is 2.78. The van der Waals surface area contributed by atoms with Gasteiger partial charge < -0.3 is 25.4 Å². The van der Waals surface area contributed by atoms with Gasteiger partial charge in [-0.3, -0.25) is 9.59 Å². The van der Waals surface area contributed by atoms with Crippen molar-refractivity contribution in [2.45, 2.75) is 111 Å². The largest absolute Gasteiger partial charge is 0.507 e. The van der Waals surface area contributed by atoms with Crippen molar-refractivity contribution >= 4 is 29.7 Å². The van der Waals surface area contributed by atoms with Crippen LogP contribution in [0.3, 0.4) is 0 Å². The highest BCUT2D eigenvalue weighted by molar-refractivity contribution is 7.98. The van der Waals surface area contributed by atoms with Gasteiger partial charge in [-0.1, -0.05) is 44.4 Å². The van der Waals surface area contributed by atoms with Crippen LogP contribution in [0.25, 0.3) is 0 Å². The van der Waals surface area contributed by atoms with E-state index in [4.69, 9.17) is 4.74 Å². The summed E-state index contributed by atoms with van der Waals surface area (Å²) in [5.41, 5.74) is -0.310. The first kappa shape index (κ1) is 33.6. The summed E-state index contributed by atoms with van der Waals surface area (Å²) in [5, 5.41) is 16.7. The van der Waals surface area contributed by atoms with Crippen molar-refractivity contribution in [3.8, 4) is 5.75 Å². The van der Waals surface area contributed by atoms with Crippen molar-refractivity contribution in [2.75, 3.05) is 18.6 Å². The lowest BCUT2D eigenvalue weighted by Crippen LogP contribution is -2.55. The Labute approximate surface area is 233 Å². The summed E-state index contributed by atoms with van der Waals surface area (Å²) >= 11 is 1.56. The van der Waals surface area contributed by atoms with E-state index in [9.17, 15) is 19.5 Å². The molecule has 0 aromatic heterocycles. The van der Waals surface area contributed by atoms with Crippen LogP contribution >= 0.6 is 11.8 Å². The Morgan fingerprint density at radius 1 is 1.08 bits per heavy atom. The number of aryl methyl sites for hydroxylation is 1. The molecule has 3 N–H and O–H groups in total. The molecule has 0 bridgehead atoms. The number of para-hydroxylation sites is 1. The van der Waals surface area contributed by atoms with E-state index < -0.39 is 29.3 Å². The lowest BCUT2D eigenvalue weighted by Gasteiger charge is -2.36. The first-order chi connectivity index (χ1) is 17.6. The van der Waals surface area contributed by atoms with Crippen molar-refractivity contribution in [1.82, 2.24) is 15.5 Å². The molecular formula is C29H49N3O5S. The van der Waals surface area contributed by atoms with Gasteiger partial charge in [0.2, 0.25) is 11.8 Å². The molecule has 216 valence electrons. The number of ether oxygens (including phenoxy) is 1. The standard InChI is InChI=1S/C29H49N3O5S/c1-10-11-12-13-18-32(26(35)22(17-19-38-9)30-27(36)37-29(6,7)8)23(25(34)31-28(3,4)5)21-16-14-15-20(2)24(21)33/h14-16,22-23,33H,10-13,17-19H2,1-9H3,(H,30,36)(H,31,34). The third-order valence-corrected chi connectivity index (χ3v) is 6.40. The zero-order chi connectivity index (χ0) is 29.1. The van der Waals surface area contributed by atoms with Gasteiger partial charge in [-0.25, -0.2) is 4.79 Å². The van der Waals surface area contributed by atoms with E-state index in [0.29, 0.717) is 36.3 Å². The molecule has 0 aliphatic carbocycles. The molecule has 8 nitrogen and oxygen atoms in total. The zero-order valence-corrected chi connectivity index (χ0v) is 25.6. The number of amides is 3. The Kier molecular flexibility index (Phi) is 13.5. The van der Waals surface area contributed by atoms with Gasteiger partial charge in [0.05, 0.1) is 0 Å². The highest BCUT2D eigenvalue weighted by atomic mass is 32.2. The minimum absolute atomic E-state index is 0.0197. The van der Waals surface area contributed by atoms with Crippen LogP contribution in [0, 0.1) is 6.92 Å². The van der Waals surface area contributed by atoms with Crippen LogP contribution in [0.15, 0.2) is 18.2 Å². The van der Waals surface area contributed by atoms with Crippen molar-refractivity contribution in [3.05, 3.63) is 29.3 Å². The van der Waals surface area contributed by atoms with Crippen LogP contribution < -0.4 is 10.6 Å². The number of thioether (sulfide) groups is 1. The number of carbonyl (C=O) groups excluding carboxylic acids is 3. The van der Waals surface area contributed by atoms with E-state index in [1.165, 1.54) is 4.90 Å². The molecule has 0 fully saturated rings. The van der Waals surface area contributed by atoms with Crippen LogP contribution in [0.4, 0.5) is 4.79 Å². The van der Waals surface area contributed by atoms with E-state index >= 15 is 0 Å². The topological polar surface area (TPSA) is 108 Å². The number of aromatic hydroxyl groups is 1. The summed E-state index contributed by atoms with van der Waals surface area (Å²) in [4.78, 5) is 42.2. The first-order valence-electron chi connectivity index (χ1n) is 13.5. The van der Waals surface area contributed by atoms with Gasteiger partial charge in [0.1, 0.15) is 23.4 Å². The second-order valence-corrected chi connectivity index (χ2v) is 12.7. The van der Waals surface area contributed by atoms with Crippen LogP contribution in [0.5, 0.6) is 5.75 Å². The molecule has 0 aliphatic heterocycles. The molecule has 9 heteroatoms. The van der Waals surface area contributed by atoms with Crippen molar-refractivity contribution in [3.63, 3.8) is 0 Å². The number of nitrogens with one attached hydrogen (secondary N) is 2. The van der Waals surface area contributed by atoms with Gasteiger partial charge >= 0.3 is 6.09 Å². The Bertz CT molecular complexity index is 924. The van der Waals surface area contributed by atoms with Crippen LogP contribution in [-0.4, -0.2) is 63.6 Å². The summed E-state index contributed by atoms with van der Waals surface area (Å²) in [6.45, 7) is 15.1. The number of hydrogen-bond donors (Lipinski definition) is 3. The third kappa shape index (κ3) is 11.5. The zero-order valence-electron chi connectivity index (χ0n) is 24.8. The molecule has 0 saturated carbocycles. The first-order valence-corrected chi connectivity index (χ1v) is 14.9. The number of hydrogen-bond acceptors (Lipinski definition) is 6. The fraction of sp³-hybridized carbons (Fsp3) is 0.690. The highest BCUT2D eigenvalue weighted by Gasteiger charge is 2.38. The number of nitrogens with zero attached hydrogens (tertiary/aromatic N) is 1. The van der Waals surface area contributed by atoms with E-state index in [0.717, 1.165) is 19.3 Å². The molecular weight excluding hydrogens is 502 g/mol. The second-order valence-electron chi connectivity index (χ2n) is 11.7. The SMILES string of the molecule is CCCCCCN(C(=O)C(CCSC)NC(=O)OC(C)(C)C)C(C(=O)NC(C)(C)C)c1cccc(C)c1O. The lowest BCUT2D eigenvalue weighted by molar-refractivity contribution is -0.143. The molecule has 0 aliphatic rings. The van der Waals surface area contributed by atoms with Gasteiger partial charge in [0.25, 0.3) is 0 Å². The number of rotatable bonds is 13. The third-order valence-electron chi connectivity index (χ3n) is 5.76. The Hall–Kier alpha value is -2.42. The molecule has 1 rings (SSSR count). The second kappa shape index (κ2) is 15.2. The van der Waals surface area contributed by atoms with E-state index in [2.05, 4.69) is 17.6 Å². The maximum atomic E-state index is 14.2. The molecule has 0 radical (unpaired) electrons. The molecule has 0 saturated heterocycles. The molecule has 0 spiro atoms. The van der Waals surface area contributed by atoms with Crippen molar-refractivity contribution in [1.29, 1.82) is 0 Å². The highest BCUT2D eigenvalue weighted by Crippen LogP contribution is 2.33. The summed E-state index contributed by atoms with van der Waals surface area (Å²) in [6.07, 6.45) is 5.23. The van der Waals surface area contributed by atoms with Crippen LogP contribution in [0.2, 0.25) is 0 Å². The molecule has 38 heavy (non-hydrogen) atoms. The Balaban J connectivity index is 3.58. The Morgan fingerprint density at radius 3 is 2.29 bits per heavy atom. The van der Waals surface area contributed by atoms with Gasteiger partial charge in [-0.15, -0.1) is 0 Å². The van der Waals surface area contributed by atoms with Crippen LogP contribution in [-0.2, 0) is 14.3 Å². The fourth-order valence-corrected chi connectivity index (χ4v) is 4.48. The van der Waals surface area contributed by atoms with Crippen molar-refractivity contribution in [2.24, 2.45) is 0 Å². The quantitative estimate of drug-likeness (QED) is 0.271. The molecule has 1 aromatic rings. The number of phenolic OH excluding ortho intramolecular Hbond substituents is 1. The summed E-state index contributed by atoms with van der Waals surface area (Å²) in [5.74, 6) is -0.155. The number of carbonyl (C=O) groups is 3. The molecule has 2 atom stereocenters. The minimum atomic E-state index is -1.07. The van der Waals surface area contributed by atoms with E-state index in [1.807, 2.05) is 27.0 Å². The normalized spacial score (nSPS) is 13.4. The van der Waals surface area contributed by atoms with Gasteiger partial charge in [-0.05, 0) is 78.9 Å². The molecule has 3 amide bonds. The number of benzene rings is 1. The lowest BCUT2D eigenvalue weighted by atomic mass is 9.97. The Morgan fingerprint density at radius 2 is 1.74 bits per heavy atom. The van der Waals surface area contributed by atoms with Crippen LogP contribution in [0.1, 0.15) is 97.7 Å². The maximum Gasteiger partial charge on any atom is 0.408 e. The van der Waals surface area contributed by atoms with Gasteiger partial charge in [0, 0.05) is 17.6 Å². The summed E-state index contributed by atoms with van der Waals surface area (Å²) in [6, 6.07) is 3.25. The minimum Gasteiger partial charge on any atom is -0.507 e. The fourth-order valence-electron chi connectivity index (χ4n) is 4.01. The molecule has 0 heterocycles. The van der Waals surface area contributed by atoms with Gasteiger partial charge in [0.15, 0.2) is 0 Å². The van der Waals surface area contributed by atoms with Gasteiger partial charge in [-0.2, -0.15) is 11.8 Å². The maximum absolute atomic E-state index is 14.2. The number of phenols is 1. The molecule has 1 aromatic carbocycles. The predicted octanol–water partition coefficient (Wildman–Crippen LogP) is 5.71. The van der Waals surface area contributed by atoms with E-state index in [1.54, 1.807) is 57.7 Å². The number of unbranched alkanes of at least 4 members (excludes halogenated alkanes) is 3. The summed E-state index contributed by atoms with van der Waals surface area (Å²) in [7, 11) is 0. The molecule has 2 unspecified atom stereocenters. The predicted molar refractivity (Wildman–Crippen MR) is 155 cm³/mol. The smallest absolute Gasteiger partial charge is 0.408 e. The monoisotopic (exact) mass is 551 g/mol. The van der Waals surface area contributed by atoms with E-state index in [-0.39, 0.29) is 17.6 Å². The van der Waals surface area contributed by atoms with Crippen molar-refractivity contribution < 1.29 is 24.2 Å². The summed E-state index contributed by atoms with van der Waals surface area (Å²) < 4.78 is 5.44.